The monoisotopic (exact) mass is 287 g/mol. The summed E-state index contributed by atoms with van der Waals surface area (Å²) in [5.74, 6) is -0.965. The summed E-state index contributed by atoms with van der Waals surface area (Å²) in [5, 5.41) is 12.3. The lowest BCUT2D eigenvalue weighted by Gasteiger charge is -2.20. The van der Waals surface area contributed by atoms with Gasteiger partial charge in [0.2, 0.25) is 0 Å². The van der Waals surface area contributed by atoms with Crippen molar-refractivity contribution in [3.8, 4) is 0 Å². The van der Waals surface area contributed by atoms with Crippen LogP contribution in [-0.4, -0.2) is 23.7 Å². The number of amides is 1. The first kappa shape index (κ1) is 15.9. The molecule has 106 valence electrons. The van der Waals surface area contributed by atoms with Crippen molar-refractivity contribution in [2.45, 2.75) is 32.8 Å². The maximum absolute atomic E-state index is 13.2. The Morgan fingerprint density at radius 1 is 1.42 bits per heavy atom. The van der Waals surface area contributed by atoms with Crippen LogP contribution in [0.5, 0.6) is 0 Å². The Balaban J connectivity index is 2.63. The van der Waals surface area contributed by atoms with Gasteiger partial charge < -0.3 is 10.4 Å². The van der Waals surface area contributed by atoms with Crippen LogP contribution in [0.4, 0.5) is 4.39 Å². The first-order chi connectivity index (χ1) is 9.01. The maximum Gasteiger partial charge on any atom is 0.252 e. The van der Waals surface area contributed by atoms with Crippen LogP contribution in [0.15, 0.2) is 18.2 Å². The number of benzene rings is 1. The Labute approximate surface area is 117 Å². The predicted octanol–water partition coefficient (Wildman–Crippen LogP) is 3.01. The number of halogens is 2. The molecule has 1 aromatic rings. The van der Waals surface area contributed by atoms with Gasteiger partial charge in [0, 0.05) is 6.54 Å². The molecule has 0 saturated carbocycles. The fourth-order valence-corrected chi connectivity index (χ4v) is 2.18. The van der Waals surface area contributed by atoms with Crippen molar-refractivity contribution in [3.05, 3.63) is 34.6 Å². The van der Waals surface area contributed by atoms with Gasteiger partial charge in [0.1, 0.15) is 5.82 Å². The normalized spacial score (nSPS) is 12.5. The van der Waals surface area contributed by atoms with Crippen molar-refractivity contribution in [1.82, 2.24) is 5.32 Å². The van der Waals surface area contributed by atoms with E-state index >= 15 is 0 Å². The number of carbonyl (C=O) groups is 1. The second-order valence-electron chi connectivity index (χ2n) is 4.46. The fraction of sp³-hybridized carbons (Fsp3) is 0.500. The van der Waals surface area contributed by atoms with Crippen LogP contribution in [0.2, 0.25) is 5.02 Å². The zero-order valence-electron chi connectivity index (χ0n) is 11.1. The van der Waals surface area contributed by atoms with Crippen LogP contribution in [0.1, 0.15) is 37.0 Å². The lowest BCUT2D eigenvalue weighted by Crippen LogP contribution is -2.36. The highest BCUT2D eigenvalue weighted by atomic mass is 35.5. The van der Waals surface area contributed by atoms with Crippen molar-refractivity contribution in [2.24, 2.45) is 5.92 Å². The molecule has 2 N–H and O–H groups in total. The van der Waals surface area contributed by atoms with E-state index in [0.29, 0.717) is 0 Å². The van der Waals surface area contributed by atoms with Crippen molar-refractivity contribution in [2.75, 3.05) is 6.54 Å². The van der Waals surface area contributed by atoms with Crippen LogP contribution in [0.25, 0.3) is 0 Å². The van der Waals surface area contributed by atoms with E-state index in [1.165, 1.54) is 18.2 Å². The predicted molar refractivity (Wildman–Crippen MR) is 73.8 cm³/mol. The van der Waals surface area contributed by atoms with Gasteiger partial charge in [-0.25, -0.2) is 4.39 Å². The molecule has 0 spiro atoms. The molecule has 0 fully saturated rings. The number of nitrogens with one attached hydrogen (secondary N) is 1. The number of aliphatic hydroxyl groups excluding tert-OH is 1. The maximum atomic E-state index is 13.2. The molecule has 0 heterocycles. The van der Waals surface area contributed by atoms with E-state index in [1.807, 2.05) is 13.8 Å². The van der Waals surface area contributed by atoms with E-state index in [9.17, 15) is 14.3 Å². The average molecular weight is 288 g/mol. The third-order valence-corrected chi connectivity index (χ3v) is 3.65. The molecule has 1 amide bonds. The van der Waals surface area contributed by atoms with Gasteiger partial charge in [-0.2, -0.15) is 0 Å². The summed E-state index contributed by atoms with van der Waals surface area (Å²) in [4.78, 5) is 11.8. The zero-order chi connectivity index (χ0) is 14.4. The molecular formula is C14H19ClFNO2. The fourth-order valence-electron chi connectivity index (χ4n) is 1.97. The van der Waals surface area contributed by atoms with Crippen molar-refractivity contribution >= 4 is 17.5 Å². The zero-order valence-corrected chi connectivity index (χ0v) is 11.9. The minimum absolute atomic E-state index is 0.0819. The Morgan fingerprint density at radius 2 is 2.05 bits per heavy atom. The highest BCUT2D eigenvalue weighted by Crippen LogP contribution is 2.19. The van der Waals surface area contributed by atoms with Crippen LogP contribution >= 0.6 is 11.6 Å². The summed E-state index contributed by atoms with van der Waals surface area (Å²) in [6.07, 6.45) is 1.08. The third-order valence-electron chi connectivity index (χ3n) is 3.26. The summed E-state index contributed by atoms with van der Waals surface area (Å²) in [7, 11) is 0. The SMILES string of the molecule is CCC(CC)C(O)CNC(=O)c1cccc(F)c1Cl. The van der Waals surface area contributed by atoms with Crippen LogP contribution in [0.3, 0.4) is 0 Å². The van der Waals surface area contributed by atoms with Crippen LogP contribution < -0.4 is 5.32 Å². The summed E-state index contributed by atoms with van der Waals surface area (Å²) >= 11 is 5.72. The standard InChI is InChI=1S/C14H19ClFNO2/c1-3-9(4-2)12(18)8-17-14(19)10-6-5-7-11(16)13(10)15/h5-7,9,12,18H,3-4,8H2,1-2H3,(H,17,19). The van der Waals surface area contributed by atoms with Gasteiger partial charge >= 0.3 is 0 Å². The van der Waals surface area contributed by atoms with E-state index < -0.39 is 17.8 Å². The van der Waals surface area contributed by atoms with Gasteiger partial charge in [-0.05, 0) is 18.1 Å². The molecule has 0 radical (unpaired) electrons. The van der Waals surface area contributed by atoms with Gasteiger partial charge in [0.05, 0.1) is 16.7 Å². The van der Waals surface area contributed by atoms with Crippen molar-refractivity contribution in [3.63, 3.8) is 0 Å². The Morgan fingerprint density at radius 3 is 2.63 bits per heavy atom. The lowest BCUT2D eigenvalue weighted by molar-refractivity contribution is 0.0816. The average Bonchev–Trinajstić information content (AvgIpc) is 2.40. The minimum atomic E-state index is -0.630. The van der Waals surface area contributed by atoms with Crippen molar-refractivity contribution in [1.29, 1.82) is 0 Å². The smallest absolute Gasteiger partial charge is 0.252 e. The van der Waals surface area contributed by atoms with E-state index in [-0.39, 0.29) is 23.0 Å². The van der Waals surface area contributed by atoms with Crippen LogP contribution in [-0.2, 0) is 0 Å². The number of aliphatic hydroxyl groups is 1. The van der Waals surface area contributed by atoms with Gasteiger partial charge in [0.25, 0.3) is 5.91 Å². The van der Waals surface area contributed by atoms with Gasteiger partial charge in [-0.15, -0.1) is 0 Å². The van der Waals surface area contributed by atoms with E-state index in [4.69, 9.17) is 11.6 Å². The quantitative estimate of drug-likeness (QED) is 0.845. The molecule has 0 aliphatic heterocycles. The van der Waals surface area contributed by atoms with Crippen LogP contribution in [0, 0.1) is 11.7 Å². The van der Waals surface area contributed by atoms with Gasteiger partial charge in [-0.3, -0.25) is 4.79 Å². The Hall–Kier alpha value is -1.13. The molecule has 19 heavy (non-hydrogen) atoms. The number of hydrogen-bond donors (Lipinski definition) is 2. The summed E-state index contributed by atoms with van der Waals surface area (Å²) < 4.78 is 13.2. The number of hydrogen-bond acceptors (Lipinski definition) is 2. The number of rotatable bonds is 6. The highest BCUT2D eigenvalue weighted by molar-refractivity contribution is 6.34. The minimum Gasteiger partial charge on any atom is -0.391 e. The molecule has 1 aromatic carbocycles. The van der Waals surface area contributed by atoms with Crippen molar-refractivity contribution < 1.29 is 14.3 Å². The third kappa shape index (κ3) is 4.18. The largest absolute Gasteiger partial charge is 0.391 e. The second-order valence-corrected chi connectivity index (χ2v) is 4.83. The molecule has 1 unspecified atom stereocenters. The van der Waals surface area contributed by atoms with E-state index in [1.54, 1.807) is 0 Å². The first-order valence-electron chi connectivity index (χ1n) is 6.41. The van der Waals surface area contributed by atoms with Gasteiger partial charge in [-0.1, -0.05) is 44.4 Å². The van der Waals surface area contributed by atoms with E-state index in [2.05, 4.69) is 5.32 Å². The molecule has 0 aliphatic rings. The molecular weight excluding hydrogens is 269 g/mol. The Bertz CT molecular complexity index is 435. The number of carbonyl (C=O) groups excluding carboxylic acids is 1. The molecule has 0 aliphatic carbocycles. The highest BCUT2D eigenvalue weighted by Gasteiger charge is 2.18. The molecule has 3 nitrogen and oxygen atoms in total. The lowest BCUT2D eigenvalue weighted by atomic mass is 9.96. The Kier molecular flexibility index (Phi) is 6.25. The molecule has 5 heteroatoms. The first-order valence-corrected chi connectivity index (χ1v) is 6.79. The second kappa shape index (κ2) is 7.46. The molecule has 0 aromatic heterocycles. The topological polar surface area (TPSA) is 49.3 Å². The summed E-state index contributed by atoms with van der Waals surface area (Å²) in [6, 6.07) is 4.07. The molecule has 1 atom stereocenters. The summed E-state index contributed by atoms with van der Waals surface area (Å²) in [6.45, 7) is 4.11. The molecule has 0 bridgehead atoms. The molecule has 1 rings (SSSR count). The molecule has 0 saturated heterocycles. The van der Waals surface area contributed by atoms with E-state index in [0.717, 1.165) is 12.8 Å². The van der Waals surface area contributed by atoms with Gasteiger partial charge in [0.15, 0.2) is 0 Å². The summed E-state index contributed by atoms with van der Waals surface area (Å²) in [5.41, 5.74) is 0.0819.